The van der Waals surface area contributed by atoms with Crippen molar-refractivity contribution in [2.75, 3.05) is 13.1 Å². The third kappa shape index (κ3) is 5.60. The monoisotopic (exact) mass is 469 g/mol. The van der Waals surface area contributed by atoms with Gasteiger partial charge >= 0.3 is 0 Å². The molecule has 0 aliphatic carbocycles. The Kier molecular flexibility index (Phi) is 8.22. The van der Waals surface area contributed by atoms with Gasteiger partial charge in [0.25, 0.3) is 11.8 Å². The number of hydrogen-bond acceptors (Lipinski definition) is 4. The van der Waals surface area contributed by atoms with E-state index in [0.717, 1.165) is 12.0 Å². The molecule has 0 spiro atoms. The van der Waals surface area contributed by atoms with Crippen molar-refractivity contribution in [3.05, 3.63) is 70.2 Å². The largest absolute Gasteiger partial charge is 0.354 e. The molecule has 0 aromatic heterocycles. The van der Waals surface area contributed by atoms with E-state index in [-0.39, 0.29) is 43.1 Å². The van der Waals surface area contributed by atoms with Crippen LogP contribution in [0.3, 0.4) is 0 Å². The number of hydrogen-bond donors (Lipinski definition) is 1. The maximum absolute atomic E-state index is 13.1. The lowest BCUT2D eigenvalue weighted by atomic mass is 10.1. The molecule has 3 rings (SSSR count). The fraction of sp³-hybridized carbons (Fsp3) is 0.360. The Morgan fingerprint density at radius 3 is 2.24 bits per heavy atom. The fourth-order valence-electron chi connectivity index (χ4n) is 3.76. The molecule has 0 unspecified atom stereocenters. The molecule has 8 heteroatoms. The average molecular weight is 470 g/mol. The quantitative estimate of drug-likeness (QED) is 0.538. The normalized spacial score (nSPS) is 13.6. The van der Waals surface area contributed by atoms with Gasteiger partial charge in [-0.2, -0.15) is 0 Å². The molecule has 2 aromatic rings. The number of imide groups is 1. The predicted octanol–water partition coefficient (Wildman–Crippen LogP) is 3.66. The van der Waals surface area contributed by atoms with Crippen LogP contribution in [0.2, 0.25) is 5.02 Å². The van der Waals surface area contributed by atoms with Crippen LogP contribution < -0.4 is 5.32 Å². The zero-order valence-corrected chi connectivity index (χ0v) is 19.6. The van der Waals surface area contributed by atoms with Crippen LogP contribution in [0.15, 0.2) is 48.5 Å². The minimum Gasteiger partial charge on any atom is -0.354 e. The van der Waals surface area contributed by atoms with Gasteiger partial charge in [-0.15, -0.1) is 0 Å². The van der Waals surface area contributed by atoms with Crippen molar-refractivity contribution in [2.45, 2.75) is 45.7 Å². The van der Waals surface area contributed by atoms with Crippen LogP contribution >= 0.6 is 11.6 Å². The van der Waals surface area contributed by atoms with Crippen molar-refractivity contribution in [3.63, 3.8) is 0 Å². The van der Waals surface area contributed by atoms with Crippen molar-refractivity contribution < 1.29 is 19.2 Å². The maximum Gasteiger partial charge on any atom is 0.261 e. The topological polar surface area (TPSA) is 86.8 Å². The van der Waals surface area contributed by atoms with Crippen LogP contribution in [0, 0.1) is 0 Å². The third-order valence-corrected chi connectivity index (χ3v) is 6.03. The first kappa shape index (κ1) is 24.5. The molecule has 0 bridgehead atoms. The number of fused-ring (bicyclic) bond motifs is 1. The van der Waals surface area contributed by atoms with Crippen LogP contribution in [-0.2, 0) is 16.1 Å². The highest BCUT2D eigenvalue weighted by molar-refractivity contribution is 6.31. The van der Waals surface area contributed by atoms with Crippen LogP contribution in [0.4, 0.5) is 0 Å². The number of carbonyl (C=O) groups excluding carboxylic acids is 4. The summed E-state index contributed by atoms with van der Waals surface area (Å²) in [6, 6.07) is 13.2. The van der Waals surface area contributed by atoms with Gasteiger partial charge in [0, 0.05) is 31.1 Å². The molecule has 0 fully saturated rings. The number of nitrogens with zero attached hydrogens (tertiary/aromatic N) is 2. The van der Waals surface area contributed by atoms with Crippen molar-refractivity contribution >= 4 is 35.2 Å². The summed E-state index contributed by atoms with van der Waals surface area (Å²) in [5.41, 5.74) is 1.51. The molecule has 1 aliphatic heterocycles. The van der Waals surface area contributed by atoms with E-state index in [1.165, 1.54) is 9.80 Å². The molecule has 33 heavy (non-hydrogen) atoms. The van der Waals surface area contributed by atoms with Crippen LogP contribution in [0.5, 0.6) is 0 Å². The van der Waals surface area contributed by atoms with E-state index in [2.05, 4.69) is 5.32 Å². The molecule has 1 aliphatic rings. The van der Waals surface area contributed by atoms with Crippen molar-refractivity contribution in [3.8, 4) is 0 Å². The molecule has 0 radical (unpaired) electrons. The van der Waals surface area contributed by atoms with Gasteiger partial charge < -0.3 is 10.2 Å². The van der Waals surface area contributed by atoms with E-state index < -0.39 is 6.04 Å². The molecule has 2 aromatic carbocycles. The molecule has 174 valence electrons. The lowest BCUT2D eigenvalue weighted by Crippen LogP contribution is -2.47. The average Bonchev–Trinajstić information content (AvgIpc) is 3.06. The second kappa shape index (κ2) is 11.1. The van der Waals surface area contributed by atoms with E-state index in [4.69, 9.17) is 11.6 Å². The Hall–Kier alpha value is -3.19. The molecule has 0 saturated heterocycles. The SMILES string of the molecule is CCCNC(=O)[C@@H](C)N(Cc1ccccc1Cl)C(=O)CCCN1C(=O)c2ccccc2C1=O. The van der Waals surface area contributed by atoms with Gasteiger partial charge in [0.05, 0.1) is 11.1 Å². The van der Waals surface area contributed by atoms with Crippen LogP contribution in [0.25, 0.3) is 0 Å². The molecule has 1 heterocycles. The van der Waals surface area contributed by atoms with Crippen molar-refractivity contribution in [1.29, 1.82) is 0 Å². The van der Waals surface area contributed by atoms with Gasteiger partial charge in [0.2, 0.25) is 11.8 Å². The summed E-state index contributed by atoms with van der Waals surface area (Å²) in [4.78, 5) is 53.5. The van der Waals surface area contributed by atoms with E-state index in [9.17, 15) is 19.2 Å². The first-order valence-corrected chi connectivity index (χ1v) is 11.5. The summed E-state index contributed by atoms with van der Waals surface area (Å²) >= 11 is 6.29. The molecular formula is C25H28ClN3O4. The molecule has 0 saturated carbocycles. The minimum absolute atomic E-state index is 0.0866. The lowest BCUT2D eigenvalue weighted by molar-refractivity contribution is -0.140. The summed E-state index contributed by atoms with van der Waals surface area (Å²) in [5.74, 6) is -1.17. The fourth-order valence-corrected chi connectivity index (χ4v) is 3.96. The highest BCUT2D eigenvalue weighted by atomic mass is 35.5. The number of benzene rings is 2. The Bertz CT molecular complexity index is 1020. The number of amides is 4. The first-order chi connectivity index (χ1) is 15.8. The highest BCUT2D eigenvalue weighted by Gasteiger charge is 2.35. The van der Waals surface area contributed by atoms with Crippen LogP contribution in [0.1, 0.15) is 59.4 Å². The Morgan fingerprint density at radius 2 is 1.64 bits per heavy atom. The number of rotatable bonds is 10. The second-order valence-corrected chi connectivity index (χ2v) is 8.40. The van der Waals surface area contributed by atoms with Crippen LogP contribution in [-0.4, -0.2) is 52.6 Å². The Morgan fingerprint density at radius 1 is 1.03 bits per heavy atom. The lowest BCUT2D eigenvalue weighted by Gasteiger charge is -2.29. The van der Waals surface area contributed by atoms with Gasteiger partial charge in [0.1, 0.15) is 6.04 Å². The van der Waals surface area contributed by atoms with E-state index in [1.54, 1.807) is 43.3 Å². The van der Waals surface area contributed by atoms with Gasteiger partial charge in [-0.3, -0.25) is 24.1 Å². The van der Waals surface area contributed by atoms with Crippen molar-refractivity contribution in [2.24, 2.45) is 0 Å². The number of carbonyl (C=O) groups is 4. The highest BCUT2D eigenvalue weighted by Crippen LogP contribution is 2.23. The number of halogens is 1. The maximum atomic E-state index is 13.1. The summed E-state index contributed by atoms with van der Waals surface area (Å²) in [7, 11) is 0. The number of nitrogens with one attached hydrogen (secondary N) is 1. The zero-order valence-electron chi connectivity index (χ0n) is 18.8. The summed E-state index contributed by atoms with van der Waals surface area (Å²) in [5, 5.41) is 3.34. The van der Waals surface area contributed by atoms with Gasteiger partial charge in [0.15, 0.2) is 0 Å². The molecule has 7 nitrogen and oxygen atoms in total. The van der Waals surface area contributed by atoms with E-state index >= 15 is 0 Å². The standard InChI is InChI=1S/C25H28ClN3O4/c1-3-14-27-23(31)17(2)29(16-18-9-4-7-12-21(18)26)22(30)13-8-15-28-24(32)19-10-5-6-11-20(19)25(28)33/h4-7,9-12,17H,3,8,13-16H2,1-2H3,(H,27,31)/t17-/m1/s1. The smallest absolute Gasteiger partial charge is 0.261 e. The molecule has 1 N–H and O–H groups in total. The van der Waals surface area contributed by atoms with Crippen molar-refractivity contribution in [1.82, 2.24) is 15.1 Å². The van der Waals surface area contributed by atoms with Gasteiger partial charge in [-0.25, -0.2) is 0 Å². The van der Waals surface area contributed by atoms with Gasteiger partial charge in [-0.1, -0.05) is 48.9 Å². The van der Waals surface area contributed by atoms with E-state index in [1.807, 2.05) is 19.1 Å². The molecule has 4 amide bonds. The van der Waals surface area contributed by atoms with E-state index in [0.29, 0.717) is 29.1 Å². The summed E-state index contributed by atoms with van der Waals surface area (Å²) in [6.07, 6.45) is 1.17. The molecule has 1 atom stereocenters. The molecular weight excluding hydrogens is 442 g/mol. The predicted molar refractivity (Wildman–Crippen MR) is 126 cm³/mol. The third-order valence-electron chi connectivity index (χ3n) is 5.67. The van der Waals surface area contributed by atoms with Gasteiger partial charge in [-0.05, 0) is 43.5 Å². The minimum atomic E-state index is -0.695. The Labute approximate surface area is 198 Å². The summed E-state index contributed by atoms with van der Waals surface area (Å²) in [6.45, 7) is 4.48. The zero-order chi connectivity index (χ0) is 24.0. The first-order valence-electron chi connectivity index (χ1n) is 11.1. The Balaban J connectivity index is 1.67. The summed E-state index contributed by atoms with van der Waals surface area (Å²) < 4.78 is 0. The second-order valence-electron chi connectivity index (χ2n) is 7.99.